The van der Waals surface area contributed by atoms with Gasteiger partial charge in [-0.3, -0.25) is 0 Å². The summed E-state index contributed by atoms with van der Waals surface area (Å²) in [5.74, 6) is 0. The number of methoxy groups -OCH3 is 1. The van der Waals surface area contributed by atoms with Gasteiger partial charge in [0.25, 0.3) is 0 Å². The molecule has 0 aliphatic carbocycles. The molecule has 0 amide bonds. The highest BCUT2D eigenvalue weighted by Gasteiger charge is 2.10. The molecule has 1 rings (SSSR count). The fourth-order valence-corrected chi connectivity index (χ4v) is 1.38. The SMILES string of the molecule is COCc1ccc(S(=O)(=O)F)cc1. The van der Waals surface area contributed by atoms with Crippen molar-refractivity contribution in [3.8, 4) is 0 Å². The smallest absolute Gasteiger partial charge is 0.332 e. The molecule has 13 heavy (non-hydrogen) atoms. The van der Waals surface area contributed by atoms with Gasteiger partial charge in [-0.2, -0.15) is 8.42 Å². The molecule has 0 unspecified atom stereocenters. The number of halogens is 1. The van der Waals surface area contributed by atoms with Crippen LogP contribution in [0.3, 0.4) is 0 Å². The van der Waals surface area contributed by atoms with E-state index >= 15 is 0 Å². The average Bonchev–Trinajstić information content (AvgIpc) is 2.04. The molecule has 5 heteroatoms. The van der Waals surface area contributed by atoms with Gasteiger partial charge in [0.15, 0.2) is 0 Å². The molecule has 0 saturated heterocycles. The predicted octanol–water partition coefficient (Wildman–Crippen LogP) is 1.49. The first-order valence-electron chi connectivity index (χ1n) is 3.56. The summed E-state index contributed by atoms with van der Waals surface area (Å²) in [5, 5.41) is 0. The molecule has 0 radical (unpaired) electrons. The molecule has 0 N–H and O–H groups in total. The van der Waals surface area contributed by atoms with Crippen LogP contribution < -0.4 is 0 Å². The van der Waals surface area contributed by atoms with Gasteiger partial charge < -0.3 is 4.74 Å². The van der Waals surface area contributed by atoms with Crippen molar-refractivity contribution in [2.24, 2.45) is 0 Å². The topological polar surface area (TPSA) is 43.4 Å². The molecular weight excluding hydrogens is 195 g/mol. The zero-order valence-corrected chi connectivity index (χ0v) is 7.84. The maximum atomic E-state index is 12.4. The first-order valence-corrected chi connectivity index (χ1v) is 4.95. The Morgan fingerprint density at radius 1 is 1.31 bits per heavy atom. The van der Waals surface area contributed by atoms with Crippen molar-refractivity contribution < 1.29 is 17.0 Å². The summed E-state index contributed by atoms with van der Waals surface area (Å²) in [6.07, 6.45) is 0. The van der Waals surface area contributed by atoms with Gasteiger partial charge in [-0.25, -0.2) is 0 Å². The minimum absolute atomic E-state index is 0.327. The third kappa shape index (κ3) is 2.78. The molecular formula is C8H9FO3S. The van der Waals surface area contributed by atoms with E-state index in [1.54, 1.807) is 0 Å². The average molecular weight is 204 g/mol. The van der Waals surface area contributed by atoms with Crippen LogP contribution in [0.1, 0.15) is 5.56 Å². The molecule has 0 atom stereocenters. The molecule has 0 saturated carbocycles. The van der Waals surface area contributed by atoms with E-state index < -0.39 is 10.2 Å². The Kier molecular flexibility index (Phi) is 3.00. The van der Waals surface area contributed by atoms with E-state index in [2.05, 4.69) is 0 Å². The summed E-state index contributed by atoms with van der Waals surface area (Å²) in [4.78, 5) is -0.327. The van der Waals surface area contributed by atoms with Crippen LogP contribution in [0.15, 0.2) is 29.2 Å². The largest absolute Gasteiger partial charge is 0.380 e. The van der Waals surface area contributed by atoms with E-state index in [1.165, 1.54) is 31.4 Å². The lowest BCUT2D eigenvalue weighted by molar-refractivity contribution is 0.185. The molecule has 1 aromatic carbocycles. The second kappa shape index (κ2) is 3.85. The zero-order valence-electron chi connectivity index (χ0n) is 7.03. The third-order valence-electron chi connectivity index (χ3n) is 1.52. The van der Waals surface area contributed by atoms with Gasteiger partial charge in [-0.05, 0) is 17.7 Å². The van der Waals surface area contributed by atoms with Gasteiger partial charge in [-0.15, -0.1) is 3.89 Å². The maximum absolute atomic E-state index is 12.4. The first-order chi connectivity index (χ1) is 6.04. The number of benzene rings is 1. The van der Waals surface area contributed by atoms with Gasteiger partial charge in [-0.1, -0.05) is 12.1 Å². The second-order valence-electron chi connectivity index (χ2n) is 2.51. The second-order valence-corrected chi connectivity index (χ2v) is 3.86. The summed E-state index contributed by atoms with van der Waals surface area (Å²) >= 11 is 0. The van der Waals surface area contributed by atoms with Gasteiger partial charge in [0.05, 0.1) is 11.5 Å². The van der Waals surface area contributed by atoms with Crippen molar-refractivity contribution in [2.45, 2.75) is 11.5 Å². The standard InChI is InChI=1S/C8H9FO3S/c1-12-6-7-2-4-8(5-3-7)13(9,10)11/h2-5H,6H2,1H3. The van der Waals surface area contributed by atoms with E-state index in [0.29, 0.717) is 6.61 Å². The van der Waals surface area contributed by atoms with Crippen LogP contribution in [0.2, 0.25) is 0 Å². The van der Waals surface area contributed by atoms with Crippen molar-refractivity contribution in [3.63, 3.8) is 0 Å². The zero-order chi connectivity index (χ0) is 9.90. The Morgan fingerprint density at radius 2 is 1.85 bits per heavy atom. The normalized spacial score (nSPS) is 11.5. The molecule has 0 spiro atoms. The van der Waals surface area contributed by atoms with Crippen molar-refractivity contribution in [1.82, 2.24) is 0 Å². The fraction of sp³-hybridized carbons (Fsp3) is 0.250. The molecule has 0 aromatic heterocycles. The quantitative estimate of drug-likeness (QED) is 0.700. The van der Waals surface area contributed by atoms with Crippen LogP contribution in [0, 0.1) is 0 Å². The van der Waals surface area contributed by atoms with Crippen LogP contribution in [-0.4, -0.2) is 15.5 Å². The van der Waals surface area contributed by atoms with Crippen LogP contribution in [0.5, 0.6) is 0 Å². The summed E-state index contributed by atoms with van der Waals surface area (Å²) < 4.78 is 38.0. The number of ether oxygens (including phenoxy) is 1. The summed E-state index contributed by atoms with van der Waals surface area (Å²) in [6, 6.07) is 5.44. The lowest BCUT2D eigenvalue weighted by Gasteiger charge is -1.99. The lowest BCUT2D eigenvalue weighted by Crippen LogP contribution is -1.93. The third-order valence-corrected chi connectivity index (χ3v) is 2.35. The Hall–Kier alpha value is -0.940. The molecule has 3 nitrogen and oxygen atoms in total. The number of hydrogen-bond donors (Lipinski definition) is 0. The molecule has 0 fully saturated rings. The van der Waals surface area contributed by atoms with Crippen molar-refractivity contribution in [1.29, 1.82) is 0 Å². The highest BCUT2D eigenvalue weighted by atomic mass is 32.3. The van der Waals surface area contributed by atoms with Crippen molar-refractivity contribution >= 4 is 10.2 Å². The summed E-state index contributed by atoms with van der Waals surface area (Å²) in [7, 11) is -3.05. The minimum Gasteiger partial charge on any atom is -0.380 e. The Labute approximate surface area is 76.4 Å². The molecule has 0 aliphatic rings. The van der Waals surface area contributed by atoms with Crippen molar-refractivity contribution in [2.75, 3.05) is 7.11 Å². The Bertz CT molecular complexity index is 369. The van der Waals surface area contributed by atoms with Gasteiger partial charge >= 0.3 is 10.2 Å². The highest BCUT2D eigenvalue weighted by molar-refractivity contribution is 7.86. The van der Waals surface area contributed by atoms with Crippen LogP contribution in [0.4, 0.5) is 3.89 Å². The van der Waals surface area contributed by atoms with Crippen LogP contribution >= 0.6 is 0 Å². The monoisotopic (exact) mass is 204 g/mol. The minimum atomic E-state index is -4.58. The van der Waals surface area contributed by atoms with Crippen molar-refractivity contribution in [3.05, 3.63) is 29.8 Å². The Balaban J connectivity index is 2.94. The molecule has 1 aromatic rings. The fourth-order valence-electron chi connectivity index (χ4n) is 0.915. The van der Waals surface area contributed by atoms with E-state index in [0.717, 1.165) is 5.56 Å². The molecule has 0 bridgehead atoms. The first kappa shape index (κ1) is 10.1. The van der Waals surface area contributed by atoms with Crippen LogP contribution in [-0.2, 0) is 21.6 Å². The molecule has 0 heterocycles. The number of hydrogen-bond acceptors (Lipinski definition) is 3. The Morgan fingerprint density at radius 3 is 2.23 bits per heavy atom. The van der Waals surface area contributed by atoms with E-state index in [1.807, 2.05) is 0 Å². The van der Waals surface area contributed by atoms with Gasteiger partial charge in [0.2, 0.25) is 0 Å². The maximum Gasteiger partial charge on any atom is 0.332 e. The van der Waals surface area contributed by atoms with Gasteiger partial charge in [0, 0.05) is 7.11 Å². The summed E-state index contributed by atoms with van der Waals surface area (Å²) in [6.45, 7) is 0.382. The van der Waals surface area contributed by atoms with Crippen LogP contribution in [0.25, 0.3) is 0 Å². The van der Waals surface area contributed by atoms with E-state index in [-0.39, 0.29) is 4.90 Å². The summed E-state index contributed by atoms with van der Waals surface area (Å²) in [5.41, 5.74) is 0.801. The molecule has 72 valence electrons. The van der Waals surface area contributed by atoms with Gasteiger partial charge in [0.1, 0.15) is 0 Å². The lowest BCUT2D eigenvalue weighted by atomic mass is 10.2. The molecule has 0 aliphatic heterocycles. The van der Waals surface area contributed by atoms with E-state index in [9.17, 15) is 12.3 Å². The van der Waals surface area contributed by atoms with E-state index in [4.69, 9.17) is 4.74 Å². The highest BCUT2D eigenvalue weighted by Crippen LogP contribution is 2.13. The number of rotatable bonds is 3. The predicted molar refractivity (Wildman–Crippen MR) is 45.4 cm³/mol.